The zero-order valence-electron chi connectivity index (χ0n) is 13.3. The lowest BCUT2D eigenvalue weighted by molar-refractivity contribution is -0.124. The van der Waals surface area contributed by atoms with Crippen LogP contribution in [0.2, 0.25) is 0 Å². The highest BCUT2D eigenvalue weighted by Crippen LogP contribution is 2.32. The first kappa shape index (κ1) is 16.3. The Morgan fingerprint density at radius 3 is 2.55 bits per heavy atom. The Morgan fingerprint density at radius 2 is 1.91 bits per heavy atom. The Hall–Kier alpha value is -2.04. The van der Waals surface area contributed by atoms with Crippen molar-refractivity contribution in [2.24, 2.45) is 0 Å². The second-order valence-electron chi connectivity index (χ2n) is 5.71. The summed E-state index contributed by atoms with van der Waals surface area (Å²) >= 11 is 0. The Morgan fingerprint density at radius 1 is 1.14 bits per heavy atom. The van der Waals surface area contributed by atoms with Crippen molar-refractivity contribution in [3.8, 4) is 5.75 Å². The van der Waals surface area contributed by atoms with Gasteiger partial charge in [-0.15, -0.1) is 0 Å². The van der Waals surface area contributed by atoms with Crippen molar-refractivity contribution in [2.45, 2.75) is 51.0 Å². The largest absolute Gasteiger partial charge is 0.497 e. The number of rotatable bonds is 8. The molecule has 1 heterocycles. The minimum Gasteiger partial charge on any atom is -0.497 e. The van der Waals surface area contributed by atoms with Gasteiger partial charge < -0.3 is 10.1 Å². The van der Waals surface area contributed by atoms with Crippen LogP contribution in [-0.4, -0.2) is 19.0 Å². The fourth-order valence-electron chi connectivity index (χ4n) is 2.90. The minimum absolute atomic E-state index is 0.277. The van der Waals surface area contributed by atoms with Crippen molar-refractivity contribution in [3.05, 3.63) is 29.8 Å². The highest BCUT2D eigenvalue weighted by molar-refractivity contribution is 6.07. The number of nitrogens with one attached hydrogen (secondary N) is 2. The average molecular weight is 304 g/mol. The molecule has 1 unspecified atom stereocenters. The maximum atomic E-state index is 12.4. The zero-order valence-corrected chi connectivity index (χ0v) is 13.3. The summed E-state index contributed by atoms with van der Waals surface area (Å²) < 4.78 is 5.23. The van der Waals surface area contributed by atoms with Gasteiger partial charge in [0.2, 0.25) is 0 Å². The number of carbonyl (C=O) groups is 2. The fraction of sp³-hybridized carbons (Fsp3) is 0.529. The molecule has 0 aliphatic carbocycles. The molecule has 1 fully saturated rings. The number of ether oxygens (including phenoxy) is 1. The Balaban J connectivity index is 2.18. The number of amides is 3. The second-order valence-corrected chi connectivity index (χ2v) is 5.71. The molecule has 22 heavy (non-hydrogen) atoms. The first-order chi connectivity index (χ1) is 10.6. The summed E-state index contributed by atoms with van der Waals surface area (Å²) in [7, 11) is 1.59. The van der Waals surface area contributed by atoms with Crippen LogP contribution >= 0.6 is 0 Å². The highest BCUT2D eigenvalue weighted by Gasteiger charge is 2.47. The number of unbranched alkanes of at least 4 members (excludes halogenated alkanes) is 4. The lowest BCUT2D eigenvalue weighted by Gasteiger charge is -2.27. The summed E-state index contributed by atoms with van der Waals surface area (Å²) in [6, 6.07) is 6.91. The number of urea groups is 1. The zero-order chi connectivity index (χ0) is 16.0. The van der Waals surface area contributed by atoms with Gasteiger partial charge in [-0.2, -0.15) is 0 Å². The monoisotopic (exact) mass is 304 g/mol. The third kappa shape index (κ3) is 3.40. The second kappa shape index (κ2) is 7.29. The predicted molar refractivity (Wildman–Crippen MR) is 84.7 cm³/mol. The van der Waals surface area contributed by atoms with Gasteiger partial charge in [-0.05, 0) is 24.1 Å². The van der Waals surface area contributed by atoms with E-state index in [-0.39, 0.29) is 5.91 Å². The van der Waals surface area contributed by atoms with E-state index in [9.17, 15) is 9.59 Å². The molecule has 5 nitrogen and oxygen atoms in total. The molecular formula is C17H24N2O3. The van der Waals surface area contributed by atoms with Crippen molar-refractivity contribution >= 4 is 11.9 Å². The van der Waals surface area contributed by atoms with E-state index < -0.39 is 11.6 Å². The molecule has 1 atom stereocenters. The molecule has 120 valence electrons. The van der Waals surface area contributed by atoms with Crippen LogP contribution in [0.25, 0.3) is 0 Å². The molecule has 2 rings (SSSR count). The van der Waals surface area contributed by atoms with E-state index in [1.165, 1.54) is 12.8 Å². The van der Waals surface area contributed by atoms with Crippen molar-refractivity contribution in [2.75, 3.05) is 7.11 Å². The van der Waals surface area contributed by atoms with E-state index >= 15 is 0 Å². The van der Waals surface area contributed by atoms with Gasteiger partial charge in [0.25, 0.3) is 5.91 Å². The van der Waals surface area contributed by atoms with Crippen LogP contribution in [-0.2, 0) is 10.3 Å². The van der Waals surface area contributed by atoms with Crippen LogP contribution in [0.3, 0.4) is 0 Å². The van der Waals surface area contributed by atoms with Gasteiger partial charge in [0.1, 0.15) is 11.3 Å². The van der Waals surface area contributed by atoms with Gasteiger partial charge in [0.15, 0.2) is 0 Å². The van der Waals surface area contributed by atoms with E-state index in [1.54, 1.807) is 7.11 Å². The summed E-state index contributed by atoms with van der Waals surface area (Å²) in [6.45, 7) is 2.17. The number of hydrogen-bond acceptors (Lipinski definition) is 3. The summed E-state index contributed by atoms with van der Waals surface area (Å²) in [5, 5.41) is 5.19. The van der Waals surface area contributed by atoms with E-state index in [0.29, 0.717) is 12.2 Å². The number of methoxy groups -OCH3 is 1. The van der Waals surface area contributed by atoms with Crippen molar-refractivity contribution in [1.29, 1.82) is 0 Å². The van der Waals surface area contributed by atoms with Crippen LogP contribution < -0.4 is 15.4 Å². The van der Waals surface area contributed by atoms with Crippen LogP contribution in [0.5, 0.6) is 5.75 Å². The quantitative estimate of drug-likeness (QED) is 0.573. The highest BCUT2D eigenvalue weighted by atomic mass is 16.5. The van der Waals surface area contributed by atoms with Crippen molar-refractivity contribution < 1.29 is 14.3 Å². The maximum absolute atomic E-state index is 12.4. The van der Waals surface area contributed by atoms with Gasteiger partial charge in [0, 0.05) is 0 Å². The summed E-state index contributed by atoms with van der Waals surface area (Å²) in [5.41, 5.74) is -0.205. The average Bonchev–Trinajstić information content (AvgIpc) is 2.82. The molecule has 1 saturated heterocycles. The lowest BCUT2D eigenvalue weighted by atomic mass is 9.84. The molecule has 2 N–H and O–H groups in total. The van der Waals surface area contributed by atoms with Crippen molar-refractivity contribution in [3.63, 3.8) is 0 Å². The van der Waals surface area contributed by atoms with E-state index in [2.05, 4.69) is 17.6 Å². The lowest BCUT2D eigenvalue weighted by Crippen LogP contribution is -2.43. The smallest absolute Gasteiger partial charge is 0.322 e. The number of carbonyl (C=O) groups excluding carboxylic acids is 2. The summed E-state index contributed by atoms with van der Waals surface area (Å²) in [4.78, 5) is 24.0. The standard InChI is InChI=1S/C17H24N2O3/c1-3-4-5-6-7-11-17(15(20)18-16(21)19-17)13-9-8-10-14(12-13)22-2/h8-10,12H,3-7,11H2,1-2H3,(H2,18,19,20,21). The molecule has 0 aromatic heterocycles. The predicted octanol–water partition coefficient (Wildman–Crippen LogP) is 3.09. The Bertz CT molecular complexity index is 544. The minimum atomic E-state index is -0.974. The first-order valence-electron chi connectivity index (χ1n) is 7.90. The van der Waals surface area contributed by atoms with Gasteiger partial charge in [-0.25, -0.2) is 4.79 Å². The molecule has 1 aliphatic heterocycles. The molecule has 1 aromatic rings. The van der Waals surface area contributed by atoms with Gasteiger partial charge in [-0.3, -0.25) is 10.1 Å². The van der Waals surface area contributed by atoms with E-state index in [1.807, 2.05) is 24.3 Å². The SMILES string of the molecule is CCCCCCCC1(c2cccc(OC)c2)NC(=O)NC1=O. The first-order valence-corrected chi connectivity index (χ1v) is 7.90. The van der Waals surface area contributed by atoms with Crippen molar-refractivity contribution in [1.82, 2.24) is 10.6 Å². The fourth-order valence-corrected chi connectivity index (χ4v) is 2.90. The molecule has 0 spiro atoms. The third-order valence-corrected chi connectivity index (χ3v) is 4.16. The molecule has 1 aromatic carbocycles. The molecule has 0 saturated carbocycles. The van der Waals surface area contributed by atoms with Crippen LogP contribution in [0.1, 0.15) is 51.0 Å². The third-order valence-electron chi connectivity index (χ3n) is 4.16. The van der Waals surface area contributed by atoms with Crippen LogP contribution in [0.15, 0.2) is 24.3 Å². The topological polar surface area (TPSA) is 67.4 Å². The summed E-state index contributed by atoms with van der Waals surface area (Å²) in [5.74, 6) is 0.401. The van der Waals surface area contributed by atoms with Crippen LogP contribution in [0, 0.1) is 0 Å². The number of benzene rings is 1. The van der Waals surface area contributed by atoms with Gasteiger partial charge in [-0.1, -0.05) is 51.2 Å². The molecule has 1 aliphatic rings. The number of imide groups is 1. The molecule has 0 bridgehead atoms. The maximum Gasteiger partial charge on any atom is 0.322 e. The molecule has 3 amide bonds. The summed E-state index contributed by atoms with van der Waals surface area (Å²) in [6.07, 6.45) is 6.08. The van der Waals surface area contributed by atoms with Gasteiger partial charge in [0.05, 0.1) is 7.11 Å². The van der Waals surface area contributed by atoms with Crippen LogP contribution in [0.4, 0.5) is 4.79 Å². The Kier molecular flexibility index (Phi) is 5.41. The normalized spacial score (nSPS) is 20.6. The molecule has 0 radical (unpaired) electrons. The van der Waals surface area contributed by atoms with Gasteiger partial charge >= 0.3 is 6.03 Å². The Labute approximate surface area is 131 Å². The molecular weight excluding hydrogens is 280 g/mol. The number of hydrogen-bond donors (Lipinski definition) is 2. The molecule has 5 heteroatoms. The van der Waals surface area contributed by atoms with E-state index in [4.69, 9.17) is 4.74 Å². The van der Waals surface area contributed by atoms with E-state index in [0.717, 1.165) is 24.8 Å².